The summed E-state index contributed by atoms with van der Waals surface area (Å²) in [6, 6.07) is 20.1. The standard InChI is InChI=1S/C27H31F/c1-2-6-20-9-11-21(12-10-20)13-14-22-15-17-26-24(19-22)16-18-25(27(26)28)23-7-4-3-5-8-23/h3-5,7-8,15-21H,2,6,9-14H2,1H3. The van der Waals surface area contributed by atoms with Gasteiger partial charge in [0.25, 0.3) is 0 Å². The van der Waals surface area contributed by atoms with Crippen molar-refractivity contribution in [3.05, 3.63) is 72.0 Å². The summed E-state index contributed by atoms with van der Waals surface area (Å²) in [4.78, 5) is 0. The van der Waals surface area contributed by atoms with Crippen LogP contribution in [0, 0.1) is 17.7 Å². The Morgan fingerprint density at radius 2 is 1.54 bits per heavy atom. The SMILES string of the molecule is CCCC1CCC(CCc2ccc3c(F)c(-c4ccccc4)ccc3c2)CC1. The van der Waals surface area contributed by atoms with Gasteiger partial charge in [0.1, 0.15) is 5.82 Å². The van der Waals surface area contributed by atoms with Crippen molar-refractivity contribution in [2.75, 3.05) is 0 Å². The molecule has 4 rings (SSSR count). The molecule has 3 aromatic rings. The summed E-state index contributed by atoms with van der Waals surface area (Å²) < 4.78 is 15.1. The van der Waals surface area contributed by atoms with Crippen molar-refractivity contribution in [1.29, 1.82) is 0 Å². The van der Waals surface area contributed by atoms with Crippen molar-refractivity contribution in [2.45, 2.75) is 58.3 Å². The molecular formula is C27H31F. The number of hydrogen-bond donors (Lipinski definition) is 0. The van der Waals surface area contributed by atoms with Gasteiger partial charge in [0.2, 0.25) is 0 Å². The highest BCUT2D eigenvalue weighted by atomic mass is 19.1. The molecular weight excluding hydrogens is 343 g/mol. The van der Waals surface area contributed by atoms with Crippen molar-refractivity contribution in [1.82, 2.24) is 0 Å². The molecule has 0 spiro atoms. The maximum Gasteiger partial charge on any atom is 0.138 e. The molecule has 1 saturated carbocycles. The van der Waals surface area contributed by atoms with Gasteiger partial charge < -0.3 is 0 Å². The number of aryl methyl sites for hydroxylation is 1. The fourth-order valence-electron chi connectivity index (χ4n) is 4.93. The first kappa shape index (κ1) is 19.2. The molecule has 0 aliphatic heterocycles. The Bertz CT molecular complexity index is 904. The molecule has 1 fully saturated rings. The van der Waals surface area contributed by atoms with E-state index in [1.54, 1.807) is 0 Å². The van der Waals surface area contributed by atoms with Crippen molar-refractivity contribution in [2.24, 2.45) is 11.8 Å². The van der Waals surface area contributed by atoms with Crippen LogP contribution >= 0.6 is 0 Å². The third kappa shape index (κ3) is 4.29. The molecule has 28 heavy (non-hydrogen) atoms. The van der Waals surface area contributed by atoms with Crippen LogP contribution in [0.2, 0.25) is 0 Å². The Labute approximate surface area is 168 Å². The fourth-order valence-corrected chi connectivity index (χ4v) is 4.93. The van der Waals surface area contributed by atoms with Gasteiger partial charge in [0.05, 0.1) is 0 Å². The van der Waals surface area contributed by atoms with E-state index < -0.39 is 0 Å². The van der Waals surface area contributed by atoms with Gasteiger partial charge in [-0.1, -0.05) is 106 Å². The molecule has 0 amide bonds. The van der Waals surface area contributed by atoms with E-state index in [1.165, 1.54) is 50.5 Å². The molecule has 0 nitrogen and oxygen atoms in total. The summed E-state index contributed by atoms with van der Waals surface area (Å²) in [5.74, 6) is 1.74. The highest BCUT2D eigenvalue weighted by molar-refractivity contribution is 5.88. The average Bonchev–Trinajstić information content (AvgIpc) is 2.74. The summed E-state index contributed by atoms with van der Waals surface area (Å²) >= 11 is 0. The van der Waals surface area contributed by atoms with Crippen LogP contribution in [0.1, 0.15) is 57.4 Å². The molecule has 0 aromatic heterocycles. The van der Waals surface area contributed by atoms with Crippen molar-refractivity contribution in [3.8, 4) is 11.1 Å². The van der Waals surface area contributed by atoms with Crippen LogP contribution in [-0.2, 0) is 6.42 Å². The number of hydrogen-bond acceptors (Lipinski definition) is 0. The quantitative estimate of drug-likeness (QED) is 0.408. The molecule has 0 bridgehead atoms. The Morgan fingerprint density at radius 1 is 0.821 bits per heavy atom. The summed E-state index contributed by atoms with van der Waals surface area (Å²) in [6.45, 7) is 2.30. The van der Waals surface area contributed by atoms with Crippen LogP contribution in [0.25, 0.3) is 21.9 Å². The number of benzene rings is 3. The van der Waals surface area contributed by atoms with E-state index in [4.69, 9.17) is 0 Å². The molecule has 0 unspecified atom stereocenters. The topological polar surface area (TPSA) is 0 Å². The lowest BCUT2D eigenvalue weighted by molar-refractivity contribution is 0.252. The fraction of sp³-hybridized carbons (Fsp3) is 0.407. The smallest absolute Gasteiger partial charge is 0.138 e. The minimum absolute atomic E-state index is 0.107. The summed E-state index contributed by atoms with van der Waals surface area (Å²) in [5, 5.41) is 1.74. The van der Waals surface area contributed by atoms with Gasteiger partial charge >= 0.3 is 0 Å². The van der Waals surface area contributed by atoms with Gasteiger partial charge in [-0.3, -0.25) is 0 Å². The molecule has 3 aromatic carbocycles. The van der Waals surface area contributed by atoms with Crippen molar-refractivity contribution < 1.29 is 4.39 Å². The number of halogens is 1. The van der Waals surface area contributed by atoms with Crippen LogP contribution in [0.5, 0.6) is 0 Å². The zero-order chi connectivity index (χ0) is 19.3. The van der Waals surface area contributed by atoms with Gasteiger partial charge in [-0.15, -0.1) is 0 Å². The Balaban J connectivity index is 1.44. The summed E-state index contributed by atoms with van der Waals surface area (Å²) in [6.07, 6.45) is 10.8. The lowest BCUT2D eigenvalue weighted by Gasteiger charge is -2.28. The van der Waals surface area contributed by atoms with Gasteiger partial charge in [-0.05, 0) is 41.2 Å². The van der Waals surface area contributed by atoms with Crippen LogP contribution in [0.3, 0.4) is 0 Å². The lowest BCUT2D eigenvalue weighted by Crippen LogP contribution is -2.15. The summed E-state index contributed by atoms with van der Waals surface area (Å²) in [5.41, 5.74) is 2.96. The predicted octanol–water partition coefficient (Wildman–Crippen LogP) is 8.19. The molecule has 0 saturated heterocycles. The molecule has 0 atom stereocenters. The lowest BCUT2D eigenvalue weighted by atomic mass is 9.78. The van der Waals surface area contributed by atoms with Gasteiger partial charge in [-0.2, -0.15) is 0 Å². The van der Waals surface area contributed by atoms with Gasteiger partial charge in [0, 0.05) is 10.9 Å². The van der Waals surface area contributed by atoms with E-state index in [2.05, 4.69) is 25.1 Å². The van der Waals surface area contributed by atoms with Crippen LogP contribution in [0.15, 0.2) is 60.7 Å². The maximum atomic E-state index is 15.1. The Kier molecular flexibility index (Phi) is 6.10. The van der Waals surface area contributed by atoms with Gasteiger partial charge in [0.15, 0.2) is 0 Å². The first-order valence-electron chi connectivity index (χ1n) is 11.0. The second-order valence-electron chi connectivity index (χ2n) is 8.56. The van der Waals surface area contributed by atoms with E-state index in [1.807, 2.05) is 42.5 Å². The molecule has 1 aliphatic rings. The third-order valence-corrected chi connectivity index (χ3v) is 6.61. The van der Waals surface area contributed by atoms with E-state index >= 15 is 4.39 Å². The molecule has 1 heteroatoms. The molecule has 0 radical (unpaired) electrons. The second kappa shape index (κ2) is 8.90. The van der Waals surface area contributed by atoms with Crippen LogP contribution in [-0.4, -0.2) is 0 Å². The molecule has 146 valence electrons. The first-order valence-corrected chi connectivity index (χ1v) is 11.0. The second-order valence-corrected chi connectivity index (χ2v) is 8.56. The highest BCUT2D eigenvalue weighted by Crippen LogP contribution is 2.34. The maximum absolute atomic E-state index is 15.1. The van der Waals surface area contributed by atoms with Crippen molar-refractivity contribution in [3.63, 3.8) is 0 Å². The number of rotatable bonds is 6. The normalized spacial score (nSPS) is 19.8. The van der Waals surface area contributed by atoms with Crippen LogP contribution < -0.4 is 0 Å². The highest BCUT2D eigenvalue weighted by Gasteiger charge is 2.20. The zero-order valence-corrected chi connectivity index (χ0v) is 17.0. The van der Waals surface area contributed by atoms with Gasteiger partial charge in [-0.25, -0.2) is 4.39 Å². The molecule has 1 aliphatic carbocycles. The zero-order valence-electron chi connectivity index (χ0n) is 17.0. The van der Waals surface area contributed by atoms with E-state index in [9.17, 15) is 0 Å². The summed E-state index contributed by atoms with van der Waals surface area (Å²) in [7, 11) is 0. The monoisotopic (exact) mass is 374 g/mol. The van der Waals surface area contributed by atoms with E-state index in [0.29, 0.717) is 5.56 Å². The minimum atomic E-state index is -0.107. The predicted molar refractivity (Wildman–Crippen MR) is 118 cm³/mol. The molecule has 0 heterocycles. The van der Waals surface area contributed by atoms with Crippen molar-refractivity contribution >= 4 is 10.8 Å². The Hall–Kier alpha value is -2.15. The molecule has 0 N–H and O–H groups in total. The first-order chi connectivity index (χ1) is 13.7. The minimum Gasteiger partial charge on any atom is -0.206 e. The average molecular weight is 375 g/mol. The third-order valence-electron chi connectivity index (χ3n) is 6.61. The van der Waals surface area contributed by atoms with Crippen LogP contribution in [0.4, 0.5) is 4.39 Å². The van der Waals surface area contributed by atoms with E-state index in [-0.39, 0.29) is 5.82 Å². The largest absolute Gasteiger partial charge is 0.206 e. The Morgan fingerprint density at radius 3 is 2.25 bits per heavy atom. The van der Waals surface area contributed by atoms with E-state index in [0.717, 1.165) is 34.6 Å². The number of fused-ring (bicyclic) bond motifs is 1.